The minimum atomic E-state index is -0.970. The van der Waals surface area contributed by atoms with E-state index in [0.717, 1.165) is 11.8 Å². The average molecular weight is 267 g/mol. The van der Waals surface area contributed by atoms with Gasteiger partial charge in [-0.05, 0) is 40.4 Å². The van der Waals surface area contributed by atoms with Gasteiger partial charge in [-0.15, -0.1) is 0 Å². The second-order valence-electron chi connectivity index (χ2n) is 4.47. The predicted molar refractivity (Wildman–Crippen MR) is 62.7 cm³/mol. The maximum atomic E-state index is 9.77. The summed E-state index contributed by atoms with van der Waals surface area (Å²) in [6.45, 7) is 6.88. The number of alkyl halides is 1. The fraction of sp³-hybridized carbons (Fsp3) is 1.00. The number of halogens is 1. The standard InChI is InChI=1S/C9H20BBrO3/c1-8(2,12)9(3,4)14-10(13)6-5-7-11/h12-13H,5-7H2,1-4H3. The fourth-order valence-corrected chi connectivity index (χ4v) is 1.12. The second-order valence-corrected chi connectivity index (χ2v) is 5.27. The molecule has 0 aliphatic rings. The van der Waals surface area contributed by atoms with Crippen molar-refractivity contribution in [1.82, 2.24) is 0 Å². The lowest BCUT2D eigenvalue weighted by molar-refractivity contribution is -0.0999. The van der Waals surface area contributed by atoms with Gasteiger partial charge in [-0.3, -0.25) is 0 Å². The molecule has 0 aromatic rings. The zero-order valence-corrected chi connectivity index (χ0v) is 11.0. The van der Waals surface area contributed by atoms with E-state index in [4.69, 9.17) is 4.65 Å². The molecule has 0 amide bonds. The molecule has 0 aliphatic carbocycles. The Morgan fingerprint density at radius 3 is 2.14 bits per heavy atom. The van der Waals surface area contributed by atoms with Gasteiger partial charge in [0.15, 0.2) is 0 Å². The van der Waals surface area contributed by atoms with Gasteiger partial charge >= 0.3 is 7.12 Å². The molecule has 0 saturated heterocycles. The summed E-state index contributed by atoms with van der Waals surface area (Å²) in [6, 6.07) is 0. The summed E-state index contributed by atoms with van der Waals surface area (Å²) in [6.07, 6.45) is 1.42. The Balaban J connectivity index is 4.08. The van der Waals surface area contributed by atoms with Crippen LogP contribution in [0.25, 0.3) is 0 Å². The lowest BCUT2D eigenvalue weighted by atomic mass is 9.79. The molecule has 0 aromatic carbocycles. The van der Waals surface area contributed by atoms with Crippen LogP contribution < -0.4 is 0 Å². The van der Waals surface area contributed by atoms with Crippen LogP contribution in [-0.4, -0.2) is 33.8 Å². The molecule has 0 heterocycles. The van der Waals surface area contributed by atoms with Crippen LogP contribution in [0.2, 0.25) is 6.32 Å². The molecule has 0 aromatic heterocycles. The third-order valence-electron chi connectivity index (χ3n) is 2.49. The van der Waals surface area contributed by atoms with E-state index in [1.54, 1.807) is 27.7 Å². The van der Waals surface area contributed by atoms with Crippen LogP contribution in [0.15, 0.2) is 0 Å². The molecule has 5 heteroatoms. The molecule has 3 nitrogen and oxygen atoms in total. The van der Waals surface area contributed by atoms with Crippen molar-refractivity contribution in [2.24, 2.45) is 0 Å². The zero-order valence-electron chi connectivity index (χ0n) is 9.38. The smallest absolute Gasteiger partial charge is 0.427 e. The second kappa shape index (κ2) is 5.49. The van der Waals surface area contributed by atoms with Crippen molar-refractivity contribution in [1.29, 1.82) is 0 Å². The molecular weight excluding hydrogens is 247 g/mol. The third-order valence-corrected chi connectivity index (χ3v) is 3.05. The van der Waals surface area contributed by atoms with Crippen molar-refractivity contribution in [2.75, 3.05) is 5.33 Å². The molecule has 0 aliphatic heterocycles. The first-order valence-electron chi connectivity index (χ1n) is 4.85. The van der Waals surface area contributed by atoms with E-state index in [2.05, 4.69) is 15.9 Å². The van der Waals surface area contributed by atoms with Gasteiger partial charge in [0.25, 0.3) is 0 Å². The number of rotatable bonds is 6. The number of aliphatic hydroxyl groups is 1. The summed E-state index contributed by atoms with van der Waals surface area (Å²) >= 11 is 3.28. The number of hydrogen-bond donors (Lipinski definition) is 2. The molecule has 0 unspecified atom stereocenters. The molecule has 0 rings (SSSR count). The molecule has 0 saturated carbocycles. The highest BCUT2D eigenvalue weighted by Gasteiger charge is 2.38. The maximum absolute atomic E-state index is 9.77. The van der Waals surface area contributed by atoms with Crippen LogP contribution in [0, 0.1) is 0 Å². The minimum absolute atomic E-state index is 0.574. The van der Waals surface area contributed by atoms with Crippen molar-refractivity contribution in [3.63, 3.8) is 0 Å². The van der Waals surface area contributed by atoms with Crippen molar-refractivity contribution in [3.05, 3.63) is 0 Å². The Morgan fingerprint density at radius 2 is 1.79 bits per heavy atom. The van der Waals surface area contributed by atoms with Crippen LogP contribution in [0.1, 0.15) is 34.1 Å². The molecule has 14 heavy (non-hydrogen) atoms. The highest BCUT2D eigenvalue weighted by Crippen LogP contribution is 2.26. The third kappa shape index (κ3) is 4.78. The largest absolute Gasteiger partial charge is 0.454 e. The molecular formula is C9H20BBrO3. The van der Waals surface area contributed by atoms with Crippen molar-refractivity contribution >= 4 is 23.0 Å². The Kier molecular flexibility index (Phi) is 5.66. The normalized spacial score (nSPS) is 13.1. The Hall–Kier alpha value is 0.425. The van der Waals surface area contributed by atoms with E-state index in [0.29, 0.717) is 6.32 Å². The molecule has 0 radical (unpaired) electrons. The average Bonchev–Trinajstić information content (AvgIpc) is 1.97. The van der Waals surface area contributed by atoms with Gasteiger partial charge in [-0.2, -0.15) is 0 Å². The van der Waals surface area contributed by atoms with Gasteiger partial charge in [-0.25, -0.2) is 0 Å². The van der Waals surface area contributed by atoms with Crippen molar-refractivity contribution in [2.45, 2.75) is 51.6 Å². The van der Waals surface area contributed by atoms with Crippen molar-refractivity contribution < 1.29 is 14.8 Å². The predicted octanol–water partition coefficient (Wildman–Crippen LogP) is 1.82. The first-order valence-corrected chi connectivity index (χ1v) is 5.97. The first-order chi connectivity index (χ1) is 6.20. The monoisotopic (exact) mass is 266 g/mol. The van der Waals surface area contributed by atoms with Crippen LogP contribution in [0.5, 0.6) is 0 Å². The molecule has 0 atom stereocenters. The summed E-state index contributed by atoms with van der Waals surface area (Å²) < 4.78 is 5.39. The summed E-state index contributed by atoms with van der Waals surface area (Å²) in [5, 5.41) is 20.1. The Bertz CT molecular complexity index is 168. The summed E-state index contributed by atoms with van der Waals surface area (Å²) in [7, 11) is -0.811. The van der Waals surface area contributed by atoms with Gasteiger partial charge in [0.05, 0.1) is 11.2 Å². The lowest BCUT2D eigenvalue weighted by Gasteiger charge is -2.38. The quantitative estimate of drug-likeness (QED) is 0.570. The van der Waals surface area contributed by atoms with Crippen LogP contribution in [-0.2, 0) is 4.65 Å². The summed E-state index contributed by atoms with van der Waals surface area (Å²) in [4.78, 5) is 0. The van der Waals surface area contributed by atoms with Crippen LogP contribution in [0.4, 0.5) is 0 Å². The fourth-order valence-electron chi connectivity index (χ4n) is 0.795. The van der Waals surface area contributed by atoms with E-state index in [1.165, 1.54) is 0 Å². The minimum Gasteiger partial charge on any atom is -0.427 e. The van der Waals surface area contributed by atoms with Gasteiger partial charge < -0.3 is 14.8 Å². The summed E-state index contributed by atoms with van der Waals surface area (Å²) in [5.41, 5.74) is -1.72. The van der Waals surface area contributed by atoms with Crippen LogP contribution >= 0.6 is 15.9 Å². The van der Waals surface area contributed by atoms with E-state index < -0.39 is 18.3 Å². The van der Waals surface area contributed by atoms with Gasteiger partial charge in [0.2, 0.25) is 0 Å². The molecule has 84 valence electrons. The van der Waals surface area contributed by atoms with E-state index >= 15 is 0 Å². The van der Waals surface area contributed by atoms with Crippen LogP contribution in [0.3, 0.4) is 0 Å². The highest BCUT2D eigenvalue weighted by molar-refractivity contribution is 9.09. The zero-order chi connectivity index (χ0) is 11.4. The van der Waals surface area contributed by atoms with E-state index in [9.17, 15) is 10.1 Å². The Morgan fingerprint density at radius 1 is 1.29 bits per heavy atom. The van der Waals surface area contributed by atoms with Gasteiger partial charge in [0.1, 0.15) is 0 Å². The maximum Gasteiger partial charge on any atom is 0.454 e. The SMILES string of the molecule is CC(C)(O)C(C)(C)OB(O)CCCBr. The van der Waals surface area contributed by atoms with Gasteiger partial charge in [-0.1, -0.05) is 15.9 Å². The van der Waals surface area contributed by atoms with E-state index in [1.807, 2.05) is 0 Å². The lowest BCUT2D eigenvalue weighted by Crippen LogP contribution is -2.50. The summed E-state index contributed by atoms with van der Waals surface area (Å²) in [5.74, 6) is 0. The van der Waals surface area contributed by atoms with E-state index in [-0.39, 0.29) is 0 Å². The topological polar surface area (TPSA) is 49.7 Å². The molecule has 0 bridgehead atoms. The Labute approximate surface area is 95.1 Å². The van der Waals surface area contributed by atoms with Gasteiger partial charge in [0, 0.05) is 5.33 Å². The highest BCUT2D eigenvalue weighted by atomic mass is 79.9. The molecule has 0 spiro atoms. The molecule has 0 fully saturated rings. The molecule has 2 N–H and O–H groups in total. The van der Waals surface area contributed by atoms with Crippen molar-refractivity contribution in [3.8, 4) is 0 Å². The number of hydrogen-bond acceptors (Lipinski definition) is 3. The first kappa shape index (κ1) is 14.4.